The molecule has 29 heavy (non-hydrogen) atoms. The first-order valence-corrected chi connectivity index (χ1v) is 9.20. The summed E-state index contributed by atoms with van der Waals surface area (Å²) in [5, 5.41) is 20.5. The minimum atomic E-state index is -2.93. The summed E-state index contributed by atoms with van der Waals surface area (Å²) >= 11 is 0. The smallest absolute Gasteiger partial charge is 0.387 e. The summed E-state index contributed by atoms with van der Waals surface area (Å²) in [5.74, 6) is -1.52. The summed E-state index contributed by atoms with van der Waals surface area (Å²) in [6.07, 6.45) is -0.759. The van der Waals surface area contributed by atoms with Crippen LogP contribution in [0.2, 0.25) is 0 Å². The lowest BCUT2D eigenvalue weighted by Gasteiger charge is -2.43. The Morgan fingerprint density at radius 1 is 1.21 bits per heavy atom. The van der Waals surface area contributed by atoms with Gasteiger partial charge in [-0.25, -0.2) is 4.39 Å². The Morgan fingerprint density at radius 3 is 2.59 bits per heavy atom. The predicted octanol–water partition coefficient (Wildman–Crippen LogP) is 3.31. The summed E-state index contributed by atoms with van der Waals surface area (Å²) < 4.78 is 42.4. The highest BCUT2D eigenvalue weighted by Crippen LogP contribution is 2.35. The highest BCUT2D eigenvalue weighted by molar-refractivity contribution is 5.76. The van der Waals surface area contributed by atoms with Gasteiger partial charge in [-0.2, -0.15) is 8.78 Å². The van der Waals surface area contributed by atoms with Crippen molar-refractivity contribution in [2.75, 3.05) is 13.1 Å². The molecule has 1 aliphatic heterocycles. The Bertz CT molecular complexity index is 846. The normalized spacial score (nSPS) is 22.6. The molecule has 2 atom stereocenters. The van der Waals surface area contributed by atoms with Gasteiger partial charge in [-0.05, 0) is 48.2 Å². The van der Waals surface area contributed by atoms with E-state index in [1.54, 1.807) is 12.1 Å². The van der Waals surface area contributed by atoms with Crippen molar-refractivity contribution in [2.45, 2.75) is 32.1 Å². The van der Waals surface area contributed by atoms with E-state index < -0.39 is 29.9 Å². The average Bonchev–Trinajstić information content (AvgIpc) is 2.66. The fourth-order valence-corrected chi connectivity index (χ4v) is 3.80. The monoisotopic (exact) mass is 409 g/mol. The number of benzene rings is 2. The number of alkyl halides is 2. The molecule has 1 aliphatic rings. The molecular weight excluding hydrogens is 387 g/mol. The van der Waals surface area contributed by atoms with Crippen LogP contribution in [0.25, 0.3) is 0 Å². The number of carboxylic acid groups (broad SMARTS) is 1. The molecule has 0 unspecified atom stereocenters. The summed E-state index contributed by atoms with van der Waals surface area (Å²) in [7, 11) is 0. The van der Waals surface area contributed by atoms with Crippen LogP contribution in [0.3, 0.4) is 0 Å². The van der Waals surface area contributed by atoms with Gasteiger partial charge in [0, 0.05) is 19.6 Å². The van der Waals surface area contributed by atoms with Crippen molar-refractivity contribution in [3.63, 3.8) is 0 Å². The van der Waals surface area contributed by atoms with E-state index in [1.165, 1.54) is 36.4 Å². The zero-order chi connectivity index (χ0) is 21.0. The van der Waals surface area contributed by atoms with Crippen LogP contribution < -0.4 is 4.74 Å². The van der Waals surface area contributed by atoms with E-state index in [9.17, 15) is 28.2 Å². The number of nitrogens with zero attached hydrogens (tertiary/aromatic N) is 1. The zero-order valence-electron chi connectivity index (χ0n) is 15.6. The van der Waals surface area contributed by atoms with E-state index in [0.29, 0.717) is 24.2 Å². The van der Waals surface area contributed by atoms with Crippen LogP contribution in [-0.4, -0.2) is 46.9 Å². The number of hydrogen-bond donors (Lipinski definition) is 2. The van der Waals surface area contributed by atoms with Gasteiger partial charge in [0.1, 0.15) is 17.0 Å². The molecule has 0 radical (unpaired) electrons. The maximum atomic E-state index is 13.2. The Labute approximate surface area is 166 Å². The van der Waals surface area contributed by atoms with E-state index >= 15 is 0 Å². The molecule has 0 aliphatic carbocycles. The molecule has 2 aromatic rings. The third kappa shape index (κ3) is 5.07. The van der Waals surface area contributed by atoms with Gasteiger partial charge >= 0.3 is 12.6 Å². The molecule has 2 N–H and O–H groups in total. The van der Waals surface area contributed by atoms with E-state index in [-0.39, 0.29) is 25.1 Å². The molecular formula is C21H22F3NO4. The maximum absolute atomic E-state index is 13.2. The van der Waals surface area contributed by atoms with E-state index in [0.717, 1.165) is 0 Å². The highest BCUT2D eigenvalue weighted by Gasteiger charge is 2.49. The van der Waals surface area contributed by atoms with Crippen molar-refractivity contribution in [1.29, 1.82) is 0 Å². The molecule has 0 aromatic heterocycles. The number of aliphatic hydroxyl groups excluding tert-OH is 1. The lowest BCUT2D eigenvalue weighted by molar-refractivity contribution is -0.163. The second-order valence-electron chi connectivity index (χ2n) is 7.31. The summed E-state index contributed by atoms with van der Waals surface area (Å²) in [6, 6.07) is 11.8. The number of piperidine rings is 1. The van der Waals surface area contributed by atoms with Crippen molar-refractivity contribution < 1.29 is 32.9 Å². The van der Waals surface area contributed by atoms with Crippen LogP contribution in [0.1, 0.15) is 17.5 Å². The Balaban J connectivity index is 1.78. The molecule has 3 rings (SSSR count). The summed E-state index contributed by atoms with van der Waals surface area (Å²) in [6.45, 7) is -2.07. The van der Waals surface area contributed by atoms with Crippen molar-refractivity contribution in [3.05, 3.63) is 65.5 Å². The number of aliphatic hydroxyl groups is 1. The second kappa shape index (κ2) is 8.84. The van der Waals surface area contributed by atoms with E-state index in [2.05, 4.69) is 4.74 Å². The standard InChI is InChI=1S/C21H22F3NO4/c22-16-6-4-14(5-7-16)11-21(19(27)28)13-25(9-8-18(21)26)12-15-2-1-3-17(10-15)29-20(23)24/h1-7,10,18,20,26H,8-9,11-13H2,(H,27,28)/t18-,21+/m0/s1. The van der Waals surface area contributed by atoms with Crippen molar-refractivity contribution >= 4 is 5.97 Å². The lowest BCUT2D eigenvalue weighted by atomic mass is 9.72. The Morgan fingerprint density at radius 2 is 1.93 bits per heavy atom. The summed E-state index contributed by atoms with van der Waals surface area (Å²) in [4.78, 5) is 14.0. The van der Waals surface area contributed by atoms with Gasteiger partial charge in [0.2, 0.25) is 0 Å². The first-order chi connectivity index (χ1) is 13.8. The van der Waals surface area contributed by atoms with Gasteiger partial charge in [0.25, 0.3) is 0 Å². The Hall–Kier alpha value is -2.58. The minimum Gasteiger partial charge on any atom is -0.481 e. The molecule has 8 heteroatoms. The first kappa shape index (κ1) is 21.1. The maximum Gasteiger partial charge on any atom is 0.387 e. The molecule has 1 fully saturated rings. The minimum absolute atomic E-state index is 0.0327. The molecule has 5 nitrogen and oxygen atoms in total. The fraction of sp³-hybridized carbons (Fsp3) is 0.381. The molecule has 1 saturated heterocycles. The molecule has 0 amide bonds. The Kier molecular flexibility index (Phi) is 6.44. The molecule has 156 valence electrons. The number of ether oxygens (including phenoxy) is 1. The van der Waals surface area contributed by atoms with Crippen LogP contribution in [0.15, 0.2) is 48.5 Å². The first-order valence-electron chi connectivity index (χ1n) is 9.20. The number of aliphatic carboxylic acids is 1. The number of rotatable bonds is 7. The van der Waals surface area contributed by atoms with Crippen LogP contribution in [0.4, 0.5) is 13.2 Å². The fourth-order valence-electron chi connectivity index (χ4n) is 3.80. The van der Waals surface area contributed by atoms with Crippen molar-refractivity contribution in [3.8, 4) is 5.75 Å². The number of likely N-dealkylation sites (tertiary alicyclic amines) is 1. The largest absolute Gasteiger partial charge is 0.481 e. The van der Waals surface area contributed by atoms with E-state index in [1.807, 2.05) is 4.90 Å². The van der Waals surface area contributed by atoms with Gasteiger partial charge in [-0.3, -0.25) is 9.69 Å². The SMILES string of the molecule is O=C(O)[C@]1(Cc2ccc(F)cc2)CN(Cc2cccc(OC(F)F)c2)CC[C@@H]1O. The van der Waals surface area contributed by atoms with E-state index in [4.69, 9.17) is 0 Å². The van der Waals surface area contributed by atoms with Gasteiger partial charge in [-0.15, -0.1) is 0 Å². The molecule has 1 heterocycles. The highest BCUT2D eigenvalue weighted by atomic mass is 19.3. The van der Waals surface area contributed by atoms with Gasteiger partial charge in [-0.1, -0.05) is 24.3 Å². The third-order valence-corrected chi connectivity index (χ3v) is 5.25. The number of hydrogen-bond acceptors (Lipinski definition) is 4. The van der Waals surface area contributed by atoms with Gasteiger partial charge in [0.15, 0.2) is 0 Å². The quantitative estimate of drug-likeness (QED) is 0.734. The second-order valence-corrected chi connectivity index (χ2v) is 7.31. The topological polar surface area (TPSA) is 70.0 Å². The third-order valence-electron chi connectivity index (χ3n) is 5.25. The number of halogens is 3. The molecule has 0 bridgehead atoms. The van der Waals surface area contributed by atoms with Gasteiger partial charge in [0.05, 0.1) is 6.10 Å². The number of carboxylic acids is 1. The van der Waals surface area contributed by atoms with Crippen LogP contribution in [-0.2, 0) is 17.8 Å². The predicted molar refractivity (Wildman–Crippen MR) is 99.1 cm³/mol. The molecule has 0 spiro atoms. The van der Waals surface area contributed by atoms with Gasteiger partial charge < -0.3 is 14.9 Å². The van der Waals surface area contributed by atoms with Crippen LogP contribution in [0.5, 0.6) is 5.75 Å². The van der Waals surface area contributed by atoms with Crippen LogP contribution in [0, 0.1) is 11.2 Å². The van der Waals surface area contributed by atoms with Crippen molar-refractivity contribution in [2.24, 2.45) is 5.41 Å². The lowest BCUT2D eigenvalue weighted by Crippen LogP contribution is -2.56. The van der Waals surface area contributed by atoms with Crippen LogP contribution >= 0.6 is 0 Å². The molecule has 2 aromatic carbocycles. The molecule has 0 saturated carbocycles. The summed E-state index contributed by atoms with van der Waals surface area (Å²) in [5.41, 5.74) is -0.143. The zero-order valence-corrected chi connectivity index (χ0v) is 15.6. The number of carbonyl (C=O) groups is 1. The average molecular weight is 409 g/mol. The van der Waals surface area contributed by atoms with Crippen molar-refractivity contribution in [1.82, 2.24) is 4.90 Å².